The lowest BCUT2D eigenvalue weighted by atomic mass is 9.95. The van der Waals surface area contributed by atoms with E-state index in [0.29, 0.717) is 6.42 Å². The molecule has 1 aliphatic rings. The Labute approximate surface area is 103 Å². The SMILES string of the molecule is CCCCCCC(=O)NC(C)(C(=O)O)C1CC1. The molecule has 0 radical (unpaired) electrons. The molecule has 0 aliphatic heterocycles. The molecule has 1 atom stereocenters. The lowest BCUT2D eigenvalue weighted by molar-refractivity contribution is -0.147. The molecule has 4 heteroatoms. The second-order valence-corrected chi connectivity index (χ2v) is 5.14. The summed E-state index contributed by atoms with van der Waals surface area (Å²) in [4.78, 5) is 22.9. The average Bonchev–Trinajstić information content (AvgIpc) is 3.07. The van der Waals surface area contributed by atoms with Gasteiger partial charge >= 0.3 is 5.97 Å². The molecular formula is C13H23NO3. The Bertz CT molecular complexity index is 286. The molecule has 1 saturated carbocycles. The molecule has 0 bridgehead atoms. The summed E-state index contributed by atoms with van der Waals surface area (Å²) in [5.41, 5.74) is -1.05. The van der Waals surface area contributed by atoms with Crippen LogP contribution in [0.1, 0.15) is 58.8 Å². The smallest absolute Gasteiger partial charge is 0.329 e. The van der Waals surface area contributed by atoms with Crippen molar-refractivity contribution in [1.82, 2.24) is 5.32 Å². The van der Waals surface area contributed by atoms with Crippen molar-refractivity contribution in [3.05, 3.63) is 0 Å². The molecule has 2 N–H and O–H groups in total. The first-order chi connectivity index (χ1) is 8.00. The van der Waals surface area contributed by atoms with E-state index >= 15 is 0 Å². The Kier molecular flexibility index (Phi) is 4.97. The van der Waals surface area contributed by atoms with Crippen molar-refractivity contribution < 1.29 is 14.7 Å². The van der Waals surface area contributed by atoms with Crippen LogP contribution in [-0.4, -0.2) is 22.5 Å². The fourth-order valence-electron chi connectivity index (χ4n) is 2.06. The Hall–Kier alpha value is -1.06. The van der Waals surface area contributed by atoms with Crippen molar-refractivity contribution >= 4 is 11.9 Å². The minimum atomic E-state index is -1.05. The number of unbranched alkanes of at least 4 members (excludes halogenated alkanes) is 3. The van der Waals surface area contributed by atoms with Gasteiger partial charge in [-0.05, 0) is 32.1 Å². The summed E-state index contributed by atoms with van der Waals surface area (Å²) in [6, 6.07) is 0. The third-order valence-corrected chi connectivity index (χ3v) is 3.49. The van der Waals surface area contributed by atoms with Crippen LogP contribution in [0.3, 0.4) is 0 Å². The minimum absolute atomic E-state index is 0.111. The topological polar surface area (TPSA) is 66.4 Å². The normalized spacial score (nSPS) is 18.5. The largest absolute Gasteiger partial charge is 0.480 e. The molecule has 0 aromatic rings. The summed E-state index contributed by atoms with van der Waals surface area (Å²) in [6.45, 7) is 3.74. The fraction of sp³-hybridized carbons (Fsp3) is 0.846. The molecular weight excluding hydrogens is 218 g/mol. The van der Waals surface area contributed by atoms with Crippen molar-refractivity contribution in [2.45, 2.75) is 64.3 Å². The maximum Gasteiger partial charge on any atom is 0.329 e. The summed E-state index contributed by atoms with van der Waals surface area (Å²) in [7, 11) is 0. The number of nitrogens with one attached hydrogen (secondary N) is 1. The van der Waals surface area contributed by atoms with E-state index in [4.69, 9.17) is 0 Å². The third-order valence-electron chi connectivity index (χ3n) is 3.49. The standard InChI is InChI=1S/C13H23NO3/c1-3-4-5-6-7-11(15)14-13(2,12(16)17)10-8-9-10/h10H,3-9H2,1-2H3,(H,14,15)(H,16,17). The first-order valence-electron chi connectivity index (χ1n) is 6.55. The lowest BCUT2D eigenvalue weighted by Crippen LogP contribution is -2.53. The predicted molar refractivity (Wildman–Crippen MR) is 65.7 cm³/mol. The van der Waals surface area contributed by atoms with Crippen LogP contribution in [-0.2, 0) is 9.59 Å². The number of carboxylic acids is 1. The Morgan fingerprint density at radius 2 is 1.94 bits per heavy atom. The molecule has 17 heavy (non-hydrogen) atoms. The lowest BCUT2D eigenvalue weighted by Gasteiger charge is -2.26. The zero-order valence-corrected chi connectivity index (χ0v) is 10.8. The third kappa shape index (κ3) is 4.02. The van der Waals surface area contributed by atoms with Crippen molar-refractivity contribution in [3.63, 3.8) is 0 Å². The summed E-state index contributed by atoms with van der Waals surface area (Å²) in [5, 5.41) is 11.9. The highest BCUT2D eigenvalue weighted by Gasteiger charge is 2.48. The Morgan fingerprint density at radius 1 is 1.29 bits per heavy atom. The number of aliphatic carboxylic acids is 1. The molecule has 0 aromatic carbocycles. The first kappa shape index (κ1) is 14.0. The van der Waals surface area contributed by atoms with Gasteiger partial charge in [0.1, 0.15) is 5.54 Å². The van der Waals surface area contributed by atoms with E-state index in [9.17, 15) is 14.7 Å². The van der Waals surface area contributed by atoms with Crippen molar-refractivity contribution in [1.29, 1.82) is 0 Å². The maximum atomic E-state index is 11.7. The summed E-state index contributed by atoms with van der Waals surface area (Å²) in [6.07, 6.45) is 6.40. The number of carbonyl (C=O) groups is 2. The van der Waals surface area contributed by atoms with Gasteiger partial charge in [-0.25, -0.2) is 4.79 Å². The van der Waals surface area contributed by atoms with Gasteiger partial charge in [-0.3, -0.25) is 4.79 Å². The van der Waals surface area contributed by atoms with Gasteiger partial charge in [0.15, 0.2) is 0 Å². The summed E-state index contributed by atoms with van der Waals surface area (Å²) in [5.74, 6) is -0.931. The molecule has 0 heterocycles. The highest BCUT2D eigenvalue weighted by Crippen LogP contribution is 2.39. The van der Waals surface area contributed by atoms with E-state index in [1.54, 1.807) is 6.92 Å². The van der Waals surface area contributed by atoms with Crippen LogP contribution in [0.25, 0.3) is 0 Å². The van der Waals surface area contributed by atoms with Gasteiger partial charge in [-0.1, -0.05) is 26.2 Å². The quantitative estimate of drug-likeness (QED) is 0.641. The fourth-order valence-corrected chi connectivity index (χ4v) is 2.06. The summed E-state index contributed by atoms with van der Waals surface area (Å²) < 4.78 is 0. The van der Waals surface area contributed by atoms with Crippen LogP contribution in [0.2, 0.25) is 0 Å². The molecule has 0 spiro atoms. The zero-order valence-electron chi connectivity index (χ0n) is 10.8. The zero-order chi connectivity index (χ0) is 12.9. The summed E-state index contributed by atoms with van der Waals surface area (Å²) >= 11 is 0. The number of hydrogen-bond acceptors (Lipinski definition) is 2. The average molecular weight is 241 g/mol. The van der Waals surface area contributed by atoms with E-state index < -0.39 is 11.5 Å². The number of hydrogen-bond donors (Lipinski definition) is 2. The molecule has 0 aromatic heterocycles. The molecule has 1 rings (SSSR count). The number of carboxylic acid groups (broad SMARTS) is 1. The van der Waals surface area contributed by atoms with Crippen LogP contribution < -0.4 is 5.32 Å². The van der Waals surface area contributed by atoms with Crippen molar-refractivity contribution in [2.24, 2.45) is 5.92 Å². The first-order valence-corrected chi connectivity index (χ1v) is 6.55. The Morgan fingerprint density at radius 3 is 2.41 bits per heavy atom. The molecule has 1 fully saturated rings. The van der Waals surface area contributed by atoms with E-state index in [1.807, 2.05) is 0 Å². The Balaban J connectivity index is 2.35. The second kappa shape index (κ2) is 6.03. The number of amides is 1. The van der Waals surface area contributed by atoms with Gasteiger partial charge in [-0.15, -0.1) is 0 Å². The van der Waals surface area contributed by atoms with Crippen molar-refractivity contribution in [2.75, 3.05) is 0 Å². The van der Waals surface area contributed by atoms with Crippen LogP contribution in [0.5, 0.6) is 0 Å². The van der Waals surface area contributed by atoms with Gasteiger partial charge in [0.05, 0.1) is 0 Å². The molecule has 1 amide bonds. The van der Waals surface area contributed by atoms with Gasteiger partial charge in [0.2, 0.25) is 5.91 Å². The van der Waals surface area contributed by atoms with Gasteiger partial charge in [0.25, 0.3) is 0 Å². The minimum Gasteiger partial charge on any atom is -0.480 e. The molecule has 1 aliphatic carbocycles. The van der Waals surface area contributed by atoms with Gasteiger partial charge in [-0.2, -0.15) is 0 Å². The molecule has 4 nitrogen and oxygen atoms in total. The van der Waals surface area contributed by atoms with E-state index in [0.717, 1.165) is 38.5 Å². The highest BCUT2D eigenvalue weighted by atomic mass is 16.4. The molecule has 98 valence electrons. The van der Waals surface area contributed by atoms with E-state index in [-0.39, 0.29) is 11.8 Å². The molecule has 0 saturated heterocycles. The predicted octanol–water partition coefficient (Wildman–Crippen LogP) is 2.33. The monoisotopic (exact) mass is 241 g/mol. The molecule has 1 unspecified atom stereocenters. The van der Waals surface area contributed by atoms with Crippen LogP contribution in [0.4, 0.5) is 0 Å². The van der Waals surface area contributed by atoms with E-state index in [2.05, 4.69) is 12.2 Å². The van der Waals surface area contributed by atoms with Crippen LogP contribution in [0, 0.1) is 5.92 Å². The number of rotatable bonds is 8. The van der Waals surface area contributed by atoms with Crippen molar-refractivity contribution in [3.8, 4) is 0 Å². The number of carbonyl (C=O) groups excluding carboxylic acids is 1. The second-order valence-electron chi connectivity index (χ2n) is 5.14. The van der Waals surface area contributed by atoms with Crippen LogP contribution in [0.15, 0.2) is 0 Å². The maximum absolute atomic E-state index is 11.7. The van der Waals surface area contributed by atoms with Crippen LogP contribution >= 0.6 is 0 Å². The van der Waals surface area contributed by atoms with Gasteiger partial charge in [0, 0.05) is 6.42 Å². The van der Waals surface area contributed by atoms with Gasteiger partial charge < -0.3 is 10.4 Å². The highest BCUT2D eigenvalue weighted by molar-refractivity contribution is 5.87. The van der Waals surface area contributed by atoms with E-state index in [1.165, 1.54) is 0 Å².